The zero-order chi connectivity index (χ0) is 6.41. The Hall–Kier alpha value is -0.350. The fraction of sp³-hybridized carbons (Fsp3) is 0.333. The molecule has 0 aromatic heterocycles. The highest BCUT2D eigenvalue weighted by molar-refractivity contribution is 7.80. The van der Waals surface area contributed by atoms with E-state index in [1.807, 2.05) is 0 Å². The molecule has 0 atom stereocenters. The summed E-state index contributed by atoms with van der Waals surface area (Å²) in [4.78, 5) is 0. The van der Waals surface area contributed by atoms with E-state index in [2.05, 4.69) is 22.7 Å². The van der Waals surface area contributed by atoms with E-state index in [1.165, 1.54) is 6.21 Å². The summed E-state index contributed by atoms with van der Waals surface area (Å²) in [5.41, 5.74) is 7.34. The quantitative estimate of drug-likeness (QED) is 0.254. The molecular formula is C3H6ClN3S. The molecular weight excluding hydrogens is 146 g/mol. The largest absolute Gasteiger partial charge is 0.375 e. The monoisotopic (exact) mass is 151 g/mol. The summed E-state index contributed by atoms with van der Waals surface area (Å²) in [6.45, 7) is 0. The Kier molecular flexibility index (Phi) is 4.59. The van der Waals surface area contributed by atoms with Gasteiger partial charge in [0.15, 0.2) is 5.11 Å². The fourth-order valence-corrected chi connectivity index (χ4v) is 0.265. The molecule has 0 rings (SSSR count). The van der Waals surface area contributed by atoms with Crippen LogP contribution in [0, 0.1) is 0 Å². The van der Waals surface area contributed by atoms with Crippen LogP contribution < -0.4 is 11.2 Å². The van der Waals surface area contributed by atoms with Crippen molar-refractivity contribution in [2.75, 3.05) is 5.88 Å². The first kappa shape index (κ1) is 7.65. The van der Waals surface area contributed by atoms with Crippen molar-refractivity contribution in [2.24, 2.45) is 10.8 Å². The Bertz CT molecular complexity index is 103. The molecule has 0 radical (unpaired) electrons. The molecule has 3 N–H and O–H groups in total. The van der Waals surface area contributed by atoms with Crippen molar-refractivity contribution in [3.8, 4) is 0 Å². The van der Waals surface area contributed by atoms with E-state index in [9.17, 15) is 0 Å². The molecule has 3 nitrogen and oxygen atoms in total. The molecule has 0 aromatic carbocycles. The van der Waals surface area contributed by atoms with Crippen molar-refractivity contribution in [1.29, 1.82) is 0 Å². The molecule has 0 heterocycles. The van der Waals surface area contributed by atoms with Gasteiger partial charge in [-0.1, -0.05) is 0 Å². The minimum Gasteiger partial charge on any atom is -0.375 e. The third-order valence-corrected chi connectivity index (χ3v) is 0.564. The number of thiocarbonyl (C=S) groups is 1. The first-order chi connectivity index (χ1) is 3.77. The summed E-state index contributed by atoms with van der Waals surface area (Å²) in [5, 5.41) is 3.66. The highest BCUT2D eigenvalue weighted by atomic mass is 35.5. The van der Waals surface area contributed by atoms with Crippen LogP contribution >= 0.6 is 23.8 Å². The number of nitrogens with one attached hydrogen (secondary N) is 1. The van der Waals surface area contributed by atoms with Crippen molar-refractivity contribution < 1.29 is 0 Å². The molecule has 46 valence electrons. The molecule has 0 spiro atoms. The first-order valence-corrected chi connectivity index (χ1v) is 2.84. The molecule has 0 aliphatic rings. The van der Waals surface area contributed by atoms with Gasteiger partial charge in [0.25, 0.3) is 0 Å². The maximum atomic E-state index is 5.21. The Labute approximate surface area is 57.9 Å². The summed E-state index contributed by atoms with van der Waals surface area (Å²) in [7, 11) is 0. The van der Waals surface area contributed by atoms with Crippen LogP contribution in [-0.4, -0.2) is 17.2 Å². The van der Waals surface area contributed by atoms with Gasteiger partial charge in [-0.25, -0.2) is 0 Å². The molecule has 0 saturated carbocycles. The van der Waals surface area contributed by atoms with Gasteiger partial charge in [0.2, 0.25) is 0 Å². The Morgan fingerprint density at radius 2 is 2.62 bits per heavy atom. The SMILES string of the molecule is NC(=S)N/N=C/CCl. The van der Waals surface area contributed by atoms with E-state index in [0.29, 0.717) is 5.88 Å². The lowest BCUT2D eigenvalue weighted by atomic mass is 10.9. The second-order valence-electron chi connectivity index (χ2n) is 0.942. The molecule has 8 heavy (non-hydrogen) atoms. The van der Waals surface area contributed by atoms with Gasteiger partial charge in [-0.15, -0.1) is 11.6 Å². The van der Waals surface area contributed by atoms with Gasteiger partial charge in [-0.3, -0.25) is 5.43 Å². The Morgan fingerprint density at radius 3 is 3.00 bits per heavy atom. The fourth-order valence-electron chi connectivity index (χ4n) is 0.144. The van der Waals surface area contributed by atoms with Gasteiger partial charge in [-0.05, 0) is 12.2 Å². The van der Waals surface area contributed by atoms with Gasteiger partial charge in [-0.2, -0.15) is 5.10 Å². The van der Waals surface area contributed by atoms with Crippen LogP contribution in [0.5, 0.6) is 0 Å². The molecule has 0 bridgehead atoms. The number of alkyl halides is 1. The lowest BCUT2D eigenvalue weighted by Crippen LogP contribution is -2.23. The minimum absolute atomic E-state index is 0.145. The summed E-state index contributed by atoms with van der Waals surface area (Å²) < 4.78 is 0. The molecule has 0 aromatic rings. The van der Waals surface area contributed by atoms with Crippen LogP contribution in [0.4, 0.5) is 0 Å². The Morgan fingerprint density at radius 1 is 2.00 bits per heavy atom. The average Bonchev–Trinajstić information content (AvgIpc) is 1.66. The van der Waals surface area contributed by atoms with Gasteiger partial charge in [0.05, 0.1) is 5.88 Å². The standard InChI is InChI=1S/C3H6ClN3S/c4-1-2-6-7-3(5)8/h2H,1H2,(H3,5,7,8)/b6-2+. The summed E-state index contributed by atoms with van der Waals surface area (Å²) in [6.07, 6.45) is 1.46. The summed E-state index contributed by atoms with van der Waals surface area (Å²) in [6, 6.07) is 0. The number of rotatable bonds is 2. The van der Waals surface area contributed by atoms with Crippen molar-refractivity contribution in [3.63, 3.8) is 0 Å². The van der Waals surface area contributed by atoms with Crippen molar-refractivity contribution in [2.45, 2.75) is 0 Å². The molecule has 0 fully saturated rings. The number of hydrogen-bond acceptors (Lipinski definition) is 2. The van der Waals surface area contributed by atoms with Gasteiger partial charge in [0.1, 0.15) is 0 Å². The summed E-state index contributed by atoms with van der Waals surface area (Å²) >= 11 is 9.63. The van der Waals surface area contributed by atoms with Gasteiger partial charge < -0.3 is 5.73 Å². The van der Waals surface area contributed by atoms with Crippen LogP contribution in [0.1, 0.15) is 0 Å². The van der Waals surface area contributed by atoms with E-state index in [4.69, 9.17) is 17.3 Å². The third kappa shape index (κ3) is 5.65. The van der Waals surface area contributed by atoms with E-state index in [0.717, 1.165) is 0 Å². The molecule has 0 amide bonds. The lowest BCUT2D eigenvalue weighted by molar-refractivity contribution is 1.04. The molecule has 5 heteroatoms. The van der Waals surface area contributed by atoms with Crippen molar-refractivity contribution in [3.05, 3.63) is 0 Å². The van der Waals surface area contributed by atoms with Crippen molar-refractivity contribution >= 4 is 35.1 Å². The van der Waals surface area contributed by atoms with E-state index >= 15 is 0 Å². The highest BCUT2D eigenvalue weighted by Crippen LogP contribution is 1.65. The van der Waals surface area contributed by atoms with Crippen LogP contribution in [0.25, 0.3) is 0 Å². The number of hydrogen-bond donors (Lipinski definition) is 2. The van der Waals surface area contributed by atoms with Gasteiger partial charge in [0, 0.05) is 6.21 Å². The molecule has 0 aliphatic heterocycles. The zero-order valence-electron chi connectivity index (χ0n) is 4.10. The average molecular weight is 152 g/mol. The number of halogens is 1. The third-order valence-electron chi connectivity index (χ3n) is 0.335. The molecule has 0 unspecified atom stereocenters. The number of nitrogens with two attached hydrogens (primary N) is 1. The van der Waals surface area contributed by atoms with Crippen LogP contribution in [0.2, 0.25) is 0 Å². The lowest BCUT2D eigenvalue weighted by Gasteiger charge is -1.89. The topological polar surface area (TPSA) is 50.4 Å². The van der Waals surface area contributed by atoms with E-state index < -0.39 is 0 Å². The normalized spacial score (nSPS) is 9.62. The summed E-state index contributed by atoms with van der Waals surface area (Å²) in [5.74, 6) is 0.357. The maximum absolute atomic E-state index is 5.21. The second-order valence-corrected chi connectivity index (χ2v) is 1.69. The first-order valence-electron chi connectivity index (χ1n) is 1.90. The number of nitrogens with zero attached hydrogens (tertiary/aromatic N) is 1. The maximum Gasteiger partial charge on any atom is 0.184 e. The van der Waals surface area contributed by atoms with Crippen LogP contribution in [0.15, 0.2) is 5.10 Å². The minimum atomic E-state index is 0.145. The zero-order valence-corrected chi connectivity index (χ0v) is 5.67. The predicted molar refractivity (Wildman–Crippen MR) is 39.1 cm³/mol. The van der Waals surface area contributed by atoms with Crippen LogP contribution in [0.3, 0.4) is 0 Å². The molecule has 0 aliphatic carbocycles. The predicted octanol–water partition coefficient (Wildman–Crippen LogP) is 0.0442. The van der Waals surface area contributed by atoms with E-state index in [-0.39, 0.29) is 5.11 Å². The smallest absolute Gasteiger partial charge is 0.184 e. The van der Waals surface area contributed by atoms with Crippen molar-refractivity contribution in [1.82, 2.24) is 5.43 Å². The molecule has 0 saturated heterocycles. The number of hydrazone groups is 1. The second kappa shape index (κ2) is 4.80. The highest BCUT2D eigenvalue weighted by Gasteiger charge is 1.75. The van der Waals surface area contributed by atoms with E-state index in [1.54, 1.807) is 0 Å². The van der Waals surface area contributed by atoms with Gasteiger partial charge >= 0.3 is 0 Å². The van der Waals surface area contributed by atoms with Crippen LogP contribution in [-0.2, 0) is 0 Å². The Balaban J connectivity index is 3.16.